The summed E-state index contributed by atoms with van der Waals surface area (Å²) in [6.45, 7) is 2.64. The molecule has 9 nitrogen and oxygen atoms in total. The molecule has 2 aromatic carbocycles. The van der Waals surface area contributed by atoms with E-state index in [0.29, 0.717) is 29.1 Å². The van der Waals surface area contributed by atoms with Crippen molar-refractivity contribution in [2.24, 2.45) is 14.1 Å². The van der Waals surface area contributed by atoms with Crippen LogP contribution in [0.25, 0.3) is 11.0 Å². The first-order chi connectivity index (χ1) is 14.8. The molecule has 0 aliphatic rings. The van der Waals surface area contributed by atoms with Gasteiger partial charge in [0.1, 0.15) is 11.5 Å². The van der Waals surface area contributed by atoms with E-state index in [4.69, 9.17) is 14.2 Å². The van der Waals surface area contributed by atoms with Gasteiger partial charge in [0, 0.05) is 33.3 Å². The zero-order chi connectivity index (χ0) is 22.6. The van der Waals surface area contributed by atoms with E-state index in [2.05, 4.69) is 4.72 Å². The number of methoxy groups -OCH3 is 1. The van der Waals surface area contributed by atoms with Crippen molar-refractivity contribution in [3.8, 4) is 17.2 Å². The first kappa shape index (κ1) is 22.7. The maximum atomic E-state index is 12.5. The van der Waals surface area contributed by atoms with Crippen molar-refractivity contribution in [2.45, 2.75) is 13.3 Å². The highest BCUT2D eigenvalue weighted by atomic mass is 32.2. The van der Waals surface area contributed by atoms with Crippen LogP contribution in [0.1, 0.15) is 13.3 Å². The minimum Gasteiger partial charge on any atom is -0.493 e. The van der Waals surface area contributed by atoms with Crippen LogP contribution >= 0.6 is 0 Å². The van der Waals surface area contributed by atoms with Crippen molar-refractivity contribution in [3.05, 3.63) is 46.9 Å². The van der Waals surface area contributed by atoms with E-state index in [1.807, 2.05) is 13.0 Å². The standard InChI is InChI=1S/C21H27N3O6S/c1-5-9-29-15-7-6-8-16(12-15)30-20-14-19-18(23(2)21(25)24(19)3)13-17(20)22-31(26,27)11-10-28-4/h6-8,12-14,22H,5,9-11H2,1-4H3. The third kappa shape index (κ3) is 5.20. The van der Waals surface area contributed by atoms with Gasteiger partial charge < -0.3 is 14.2 Å². The number of sulfonamides is 1. The lowest BCUT2D eigenvalue weighted by Crippen LogP contribution is -2.20. The molecule has 168 valence electrons. The van der Waals surface area contributed by atoms with Crippen LogP contribution in [-0.2, 0) is 28.9 Å². The fourth-order valence-corrected chi connectivity index (χ4v) is 4.06. The second-order valence-electron chi connectivity index (χ2n) is 7.08. The number of aryl methyl sites for hydroxylation is 2. The first-order valence-electron chi connectivity index (χ1n) is 9.85. The lowest BCUT2D eigenvalue weighted by Gasteiger charge is -2.15. The number of benzene rings is 2. The molecule has 0 fully saturated rings. The summed E-state index contributed by atoms with van der Waals surface area (Å²) in [6, 6.07) is 10.3. The van der Waals surface area contributed by atoms with E-state index in [1.54, 1.807) is 44.4 Å². The van der Waals surface area contributed by atoms with Crippen molar-refractivity contribution in [1.29, 1.82) is 0 Å². The Bertz CT molecular complexity index is 1230. The van der Waals surface area contributed by atoms with E-state index in [9.17, 15) is 13.2 Å². The number of imidazole rings is 1. The summed E-state index contributed by atoms with van der Waals surface area (Å²) >= 11 is 0. The molecule has 0 amide bonds. The Hall–Kier alpha value is -2.98. The molecular formula is C21H27N3O6S. The van der Waals surface area contributed by atoms with E-state index in [1.165, 1.54) is 16.2 Å². The molecule has 31 heavy (non-hydrogen) atoms. The molecule has 1 heterocycles. The monoisotopic (exact) mass is 449 g/mol. The molecule has 1 aromatic heterocycles. The number of hydrogen-bond donors (Lipinski definition) is 1. The Kier molecular flexibility index (Phi) is 6.91. The van der Waals surface area contributed by atoms with Gasteiger partial charge in [-0.05, 0) is 24.6 Å². The molecule has 1 N–H and O–H groups in total. The fraction of sp³-hybridized carbons (Fsp3) is 0.381. The average molecular weight is 450 g/mol. The number of anilines is 1. The Labute approximate surface area is 181 Å². The number of rotatable bonds is 10. The summed E-state index contributed by atoms with van der Waals surface area (Å²) in [5, 5.41) is 0. The maximum Gasteiger partial charge on any atom is 0.328 e. The minimum atomic E-state index is -3.69. The predicted molar refractivity (Wildman–Crippen MR) is 120 cm³/mol. The quantitative estimate of drug-likeness (QED) is 0.511. The van der Waals surface area contributed by atoms with Crippen molar-refractivity contribution in [2.75, 3.05) is 30.8 Å². The molecule has 0 aliphatic carbocycles. The molecule has 0 unspecified atom stereocenters. The van der Waals surface area contributed by atoms with Crippen LogP contribution in [0.3, 0.4) is 0 Å². The van der Waals surface area contributed by atoms with Gasteiger partial charge in [0.25, 0.3) is 0 Å². The van der Waals surface area contributed by atoms with Gasteiger partial charge in [-0.2, -0.15) is 0 Å². The fourth-order valence-electron chi connectivity index (χ4n) is 3.08. The van der Waals surface area contributed by atoms with Crippen molar-refractivity contribution in [3.63, 3.8) is 0 Å². The zero-order valence-corrected chi connectivity index (χ0v) is 18.9. The Morgan fingerprint density at radius 2 is 1.68 bits per heavy atom. The first-order valence-corrected chi connectivity index (χ1v) is 11.5. The lowest BCUT2D eigenvalue weighted by atomic mass is 10.2. The molecule has 0 spiro atoms. The summed E-state index contributed by atoms with van der Waals surface area (Å²) in [6.07, 6.45) is 0.872. The summed E-state index contributed by atoms with van der Waals surface area (Å²) in [4.78, 5) is 12.4. The van der Waals surface area contributed by atoms with E-state index >= 15 is 0 Å². The van der Waals surface area contributed by atoms with Crippen LogP contribution in [-0.4, -0.2) is 43.6 Å². The smallest absolute Gasteiger partial charge is 0.328 e. The van der Waals surface area contributed by atoms with Crippen LogP contribution < -0.4 is 19.9 Å². The van der Waals surface area contributed by atoms with Gasteiger partial charge in [0.05, 0.1) is 35.7 Å². The minimum absolute atomic E-state index is 0.0500. The lowest BCUT2D eigenvalue weighted by molar-refractivity contribution is 0.217. The molecule has 0 saturated heterocycles. The van der Waals surface area contributed by atoms with E-state index < -0.39 is 10.0 Å². The van der Waals surface area contributed by atoms with Crippen LogP contribution in [0, 0.1) is 0 Å². The second-order valence-corrected chi connectivity index (χ2v) is 8.92. The molecule has 0 aliphatic heterocycles. The Morgan fingerprint density at radius 1 is 1.00 bits per heavy atom. The summed E-state index contributed by atoms with van der Waals surface area (Å²) in [7, 11) is 1.02. The van der Waals surface area contributed by atoms with Gasteiger partial charge in [0.2, 0.25) is 10.0 Å². The third-order valence-corrected chi connectivity index (χ3v) is 5.94. The van der Waals surface area contributed by atoms with Gasteiger partial charge in [-0.15, -0.1) is 0 Å². The van der Waals surface area contributed by atoms with E-state index in [0.717, 1.165) is 6.42 Å². The summed E-state index contributed by atoms with van der Waals surface area (Å²) in [5.74, 6) is 1.18. The average Bonchev–Trinajstić information content (AvgIpc) is 2.95. The van der Waals surface area contributed by atoms with Crippen molar-refractivity contribution >= 4 is 26.7 Å². The molecular weight excluding hydrogens is 422 g/mol. The Balaban J connectivity index is 2.05. The second kappa shape index (κ2) is 9.44. The molecule has 0 saturated carbocycles. The highest BCUT2D eigenvalue weighted by Gasteiger charge is 2.18. The predicted octanol–water partition coefficient (Wildman–Crippen LogP) is 2.85. The number of nitrogens with one attached hydrogen (secondary N) is 1. The van der Waals surface area contributed by atoms with E-state index in [-0.39, 0.29) is 29.5 Å². The normalized spacial score (nSPS) is 11.6. The van der Waals surface area contributed by atoms with Gasteiger partial charge in [-0.25, -0.2) is 13.2 Å². The van der Waals surface area contributed by atoms with Crippen LogP contribution in [0.2, 0.25) is 0 Å². The topological polar surface area (TPSA) is 101 Å². The van der Waals surface area contributed by atoms with Crippen molar-refractivity contribution in [1.82, 2.24) is 9.13 Å². The van der Waals surface area contributed by atoms with Crippen LogP contribution in [0.5, 0.6) is 17.2 Å². The molecule has 0 radical (unpaired) electrons. The highest BCUT2D eigenvalue weighted by molar-refractivity contribution is 7.92. The number of fused-ring (bicyclic) bond motifs is 1. The summed E-state index contributed by atoms with van der Waals surface area (Å²) in [5.41, 5.74) is 1.19. The van der Waals surface area contributed by atoms with Crippen molar-refractivity contribution < 1.29 is 22.6 Å². The number of nitrogens with zero attached hydrogens (tertiary/aromatic N) is 2. The molecule has 0 atom stereocenters. The van der Waals surface area contributed by atoms with Gasteiger partial charge in [-0.1, -0.05) is 13.0 Å². The van der Waals surface area contributed by atoms with Crippen LogP contribution in [0.4, 0.5) is 5.69 Å². The SMILES string of the molecule is CCCOc1cccc(Oc2cc3c(cc2NS(=O)(=O)CCOC)n(C)c(=O)n3C)c1. The van der Waals surface area contributed by atoms with Gasteiger partial charge in [-0.3, -0.25) is 13.9 Å². The van der Waals surface area contributed by atoms with Gasteiger partial charge >= 0.3 is 5.69 Å². The maximum absolute atomic E-state index is 12.5. The third-order valence-electron chi connectivity index (χ3n) is 4.70. The number of ether oxygens (including phenoxy) is 3. The van der Waals surface area contributed by atoms with Gasteiger partial charge in [0.15, 0.2) is 5.75 Å². The molecule has 10 heteroatoms. The number of hydrogen-bond acceptors (Lipinski definition) is 6. The largest absolute Gasteiger partial charge is 0.493 e. The highest BCUT2D eigenvalue weighted by Crippen LogP contribution is 2.35. The molecule has 3 rings (SSSR count). The summed E-state index contributed by atoms with van der Waals surface area (Å²) < 4.78 is 47.0. The zero-order valence-electron chi connectivity index (χ0n) is 18.0. The molecule has 0 bridgehead atoms. The number of aromatic nitrogens is 2. The van der Waals surface area contributed by atoms with Crippen LogP contribution in [0.15, 0.2) is 41.2 Å². The Morgan fingerprint density at radius 3 is 2.35 bits per heavy atom. The molecule has 3 aromatic rings.